The van der Waals surface area contributed by atoms with Gasteiger partial charge >= 0.3 is 0 Å². The molecule has 0 spiro atoms. The van der Waals surface area contributed by atoms with Crippen LogP contribution < -0.4 is 0 Å². The van der Waals surface area contributed by atoms with Gasteiger partial charge in [0.2, 0.25) is 0 Å². The van der Waals surface area contributed by atoms with E-state index in [2.05, 4.69) is 53.7 Å². The Morgan fingerprint density at radius 2 is 1.64 bits per heavy atom. The zero-order valence-electron chi connectivity index (χ0n) is 15.9. The molecule has 0 saturated heterocycles. The summed E-state index contributed by atoms with van der Waals surface area (Å²) in [7, 11) is 0. The van der Waals surface area contributed by atoms with Gasteiger partial charge in [0.05, 0.1) is 5.69 Å². The molecule has 0 amide bonds. The van der Waals surface area contributed by atoms with E-state index in [-0.39, 0.29) is 10.8 Å². The van der Waals surface area contributed by atoms with E-state index in [1.807, 2.05) is 24.3 Å². The van der Waals surface area contributed by atoms with Crippen molar-refractivity contribution in [2.75, 3.05) is 0 Å². The van der Waals surface area contributed by atoms with Crippen molar-refractivity contribution in [2.24, 2.45) is 0 Å². The Morgan fingerprint density at radius 3 is 2.20 bits per heavy atom. The lowest BCUT2D eigenvalue weighted by Gasteiger charge is -2.21. The second-order valence-electron chi connectivity index (χ2n) is 8.37. The maximum Gasteiger partial charge on any atom is 0.156 e. The van der Waals surface area contributed by atoms with Crippen LogP contribution in [0, 0.1) is 0 Å². The molecule has 3 heteroatoms. The summed E-state index contributed by atoms with van der Waals surface area (Å²) in [6, 6.07) is 12.1. The standard InChI is InChI=1S/C22H26ClNO/c1-7-22(5,6)19-13-18-20(25-19)16(21(2,3)4)12-17(24-18)14-8-10-15(23)11-9-14/h8-13H,7H2,1-6H3. The molecule has 0 atom stereocenters. The van der Waals surface area contributed by atoms with Crippen molar-refractivity contribution in [3.05, 3.63) is 52.7 Å². The van der Waals surface area contributed by atoms with Gasteiger partial charge in [0, 0.05) is 27.6 Å². The normalized spacial score (nSPS) is 12.8. The van der Waals surface area contributed by atoms with E-state index < -0.39 is 0 Å². The molecule has 1 aromatic carbocycles. The quantitative estimate of drug-likeness (QED) is 0.499. The average Bonchev–Trinajstić information content (AvgIpc) is 2.98. The fraction of sp³-hybridized carbons (Fsp3) is 0.409. The molecular weight excluding hydrogens is 330 g/mol. The lowest BCUT2D eigenvalue weighted by Crippen LogP contribution is -2.14. The molecule has 0 aliphatic rings. The van der Waals surface area contributed by atoms with Gasteiger partial charge in [-0.05, 0) is 30.0 Å². The Labute approximate surface area is 155 Å². The Balaban J connectivity index is 2.26. The highest BCUT2D eigenvalue weighted by Crippen LogP contribution is 2.38. The Kier molecular flexibility index (Phi) is 4.45. The summed E-state index contributed by atoms with van der Waals surface area (Å²) in [4.78, 5) is 4.88. The second kappa shape index (κ2) is 6.17. The zero-order chi connectivity index (χ0) is 18.4. The highest BCUT2D eigenvalue weighted by molar-refractivity contribution is 6.30. The molecule has 2 nitrogen and oxygen atoms in total. The monoisotopic (exact) mass is 355 g/mol. The summed E-state index contributed by atoms with van der Waals surface area (Å²) in [6.07, 6.45) is 1.02. The van der Waals surface area contributed by atoms with Gasteiger partial charge in [0.25, 0.3) is 0 Å². The fourth-order valence-electron chi connectivity index (χ4n) is 2.86. The van der Waals surface area contributed by atoms with Gasteiger partial charge in [0.15, 0.2) is 5.58 Å². The van der Waals surface area contributed by atoms with Crippen molar-refractivity contribution in [2.45, 2.75) is 58.8 Å². The SMILES string of the molecule is CCC(C)(C)c1cc2nc(-c3ccc(Cl)cc3)cc(C(C)(C)C)c2o1. The fourth-order valence-corrected chi connectivity index (χ4v) is 2.98. The molecule has 2 heterocycles. The minimum Gasteiger partial charge on any atom is -0.458 e. The number of benzene rings is 1. The first-order valence-electron chi connectivity index (χ1n) is 8.83. The maximum atomic E-state index is 6.31. The lowest BCUT2D eigenvalue weighted by atomic mass is 9.86. The zero-order valence-corrected chi connectivity index (χ0v) is 16.7. The smallest absolute Gasteiger partial charge is 0.156 e. The molecule has 0 saturated carbocycles. The average molecular weight is 356 g/mol. The first-order valence-corrected chi connectivity index (χ1v) is 9.21. The van der Waals surface area contributed by atoms with Crippen LogP contribution >= 0.6 is 11.6 Å². The molecule has 0 unspecified atom stereocenters. The highest BCUT2D eigenvalue weighted by Gasteiger charge is 2.27. The van der Waals surface area contributed by atoms with Gasteiger partial charge in [-0.15, -0.1) is 0 Å². The maximum absolute atomic E-state index is 6.31. The molecule has 0 fully saturated rings. The molecule has 132 valence electrons. The number of halogens is 1. The van der Waals surface area contributed by atoms with E-state index in [4.69, 9.17) is 21.0 Å². The number of hydrogen-bond donors (Lipinski definition) is 0. The van der Waals surface area contributed by atoms with Crippen LogP contribution in [0.1, 0.15) is 59.3 Å². The van der Waals surface area contributed by atoms with Crippen LogP contribution in [0.4, 0.5) is 0 Å². The van der Waals surface area contributed by atoms with E-state index in [0.29, 0.717) is 0 Å². The van der Waals surface area contributed by atoms with Gasteiger partial charge in [-0.25, -0.2) is 4.98 Å². The number of rotatable bonds is 3. The predicted octanol–water partition coefficient (Wildman–Crippen LogP) is 7.13. The Hall–Kier alpha value is -1.80. The van der Waals surface area contributed by atoms with Crippen LogP contribution in [0.2, 0.25) is 5.02 Å². The number of fused-ring (bicyclic) bond motifs is 1. The molecule has 0 bridgehead atoms. The summed E-state index contributed by atoms with van der Waals surface area (Å²) < 4.78 is 6.31. The second-order valence-corrected chi connectivity index (χ2v) is 8.81. The summed E-state index contributed by atoms with van der Waals surface area (Å²) in [5.74, 6) is 0.997. The molecule has 2 aromatic heterocycles. The number of furan rings is 1. The van der Waals surface area contributed by atoms with Crippen molar-refractivity contribution < 1.29 is 4.42 Å². The van der Waals surface area contributed by atoms with Crippen LogP contribution in [0.5, 0.6) is 0 Å². The van der Waals surface area contributed by atoms with E-state index in [1.165, 1.54) is 5.56 Å². The van der Waals surface area contributed by atoms with Crippen molar-refractivity contribution in [3.8, 4) is 11.3 Å². The molecular formula is C22H26ClNO. The van der Waals surface area contributed by atoms with E-state index in [1.54, 1.807) is 0 Å². The van der Waals surface area contributed by atoms with Crippen molar-refractivity contribution in [3.63, 3.8) is 0 Å². The van der Waals surface area contributed by atoms with Crippen molar-refractivity contribution >= 4 is 22.7 Å². The summed E-state index contributed by atoms with van der Waals surface area (Å²) in [5, 5.41) is 0.733. The number of nitrogens with zero attached hydrogens (tertiary/aromatic N) is 1. The van der Waals surface area contributed by atoms with Crippen molar-refractivity contribution in [1.29, 1.82) is 0 Å². The summed E-state index contributed by atoms with van der Waals surface area (Å²) in [6.45, 7) is 13.2. The van der Waals surface area contributed by atoms with Crippen LogP contribution in [-0.2, 0) is 10.8 Å². The Bertz CT molecular complexity index is 898. The topological polar surface area (TPSA) is 26.0 Å². The number of pyridine rings is 1. The van der Waals surface area contributed by atoms with E-state index in [9.17, 15) is 0 Å². The molecule has 0 aliphatic carbocycles. The predicted molar refractivity (Wildman–Crippen MR) is 106 cm³/mol. The lowest BCUT2D eigenvalue weighted by molar-refractivity contribution is 0.388. The van der Waals surface area contributed by atoms with Gasteiger partial charge in [0.1, 0.15) is 11.3 Å². The third kappa shape index (κ3) is 3.46. The first-order chi connectivity index (χ1) is 11.6. The molecule has 0 aliphatic heterocycles. The van der Waals surface area contributed by atoms with E-state index >= 15 is 0 Å². The minimum atomic E-state index is -0.0339. The third-order valence-electron chi connectivity index (χ3n) is 4.98. The number of aromatic nitrogens is 1. The minimum absolute atomic E-state index is 0.00368. The molecule has 3 aromatic rings. The summed E-state index contributed by atoms with van der Waals surface area (Å²) in [5.41, 5.74) is 4.99. The van der Waals surface area contributed by atoms with Crippen LogP contribution in [0.15, 0.2) is 40.8 Å². The third-order valence-corrected chi connectivity index (χ3v) is 5.23. The van der Waals surface area contributed by atoms with Crippen LogP contribution in [0.3, 0.4) is 0 Å². The number of hydrogen-bond acceptors (Lipinski definition) is 2. The largest absolute Gasteiger partial charge is 0.458 e. The van der Waals surface area contributed by atoms with Crippen molar-refractivity contribution in [1.82, 2.24) is 4.98 Å². The van der Waals surface area contributed by atoms with Crippen LogP contribution in [-0.4, -0.2) is 4.98 Å². The van der Waals surface area contributed by atoms with E-state index in [0.717, 1.165) is 39.6 Å². The van der Waals surface area contributed by atoms with Gasteiger partial charge < -0.3 is 4.42 Å². The van der Waals surface area contributed by atoms with Gasteiger partial charge in [-0.3, -0.25) is 0 Å². The molecule has 0 N–H and O–H groups in total. The highest BCUT2D eigenvalue weighted by atomic mass is 35.5. The molecule has 25 heavy (non-hydrogen) atoms. The summed E-state index contributed by atoms with van der Waals surface area (Å²) >= 11 is 6.03. The van der Waals surface area contributed by atoms with Gasteiger partial charge in [-0.2, -0.15) is 0 Å². The van der Waals surface area contributed by atoms with Gasteiger partial charge in [-0.1, -0.05) is 65.3 Å². The molecule has 0 radical (unpaired) electrons. The first kappa shape index (κ1) is 18.0. The Morgan fingerprint density at radius 1 is 1.00 bits per heavy atom. The molecule has 3 rings (SSSR count). The van der Waals surface area contributed by atoms with Crippen LogP contribution in [0.25, 0.3) is 22.4 Å².